The monoisotopic (exact) mass is 380 g/mol. The Morgan fingerprint density at radius 1 is 1.18 bits per heavy atom. The molecule has 0 aromatic heterocycles. The Morgan fingerprint density at radius 2 is 1.89 bits per heavy atom. The standard InChI is InChI=1S/C23H28N2O3/c1-15(2)22(16-8-11-19(28-3)12-9-16)25-21(26)13-10-18-14-17-6-4-5-7-20(17)24-23(18)27/h4-9,11-12,15,18,22H,10,13-14H2,1-3H3,(H,24,27)(H,25,26). The fraction of sp³-hybridized carbons (Fsp3) is 0.391. The van der Waals surface area contributed by atoms with Gasteiger partial charge in [-0.05, 0) is 48.1 Å². The summed E-state index contributed by atoms with van der Waals surface area (Å²) in [5.41, 5.74) is 3.06. The molecule has 0 aliphatic carbocycles. The van der Waals surface area contributed by atoms with Crippen LogP contribution in [0.3, 0.4) is 0 Å². The Labute approximate surface area is 166 Å². The van der Waals surface area contributed by atoms with Crippen molar-refractivity contribution in [2.75, 3.05) is 12.4 Å². The number of nitrogens with one attached hydrogen (secondary N) is 2. The minimum Gasteiger partial charge on any atom is -0.497 e. The normalized spacial score (nSPS) is 16.9. The van der Waals surface area contributed by atoms with Crippen LogP contribution in [0, 0.1) is 11.8 Å². The van der Waals surface area contributed by atoms with Crippen LogP contribution in [0.1, 0.15) is 43.9 Å². The number of carbonyl (C=O) groups is 2. The van der Waals surface area contributed by atoms with Crippen LogP contribution in [0.4, 0.5) is 5.69 Å². The Morgan fingerprint density at radius 3 is 2.57 bits per heavy atom. The lowest BCUT2D eigenvalue weighted by Gasteiger charge is -2.26. The summed E-state index contributed by atoms with van der Waals surface area (Å²) in [6.45, 7) is 4.17. The molecule has 0 saturated carbocycles. The van der Waals surface area contributed by atoms with Gasteiger partial charge in [0.25, 0.3) is 0 Å². The van der Waals surface area contributed by atoms with E-state index in [0.29, 0.717) is 19.3 Å². The summed E-state index contributed by atoms with van der Waals surface area (Å²) >= 11 is 0. The van der Waals surface area contributed by atoms with E-state index in [9.17, 15) is 9.59 Å². The predicted molar refractivity (Wildman–Crippen MR) is 110 cm³/mol. The van der Waals surface area contributed by atoms with Gasteiger partial charge in [0.1, 0.15) is 5.75 Å². The number of benzene rings is 2. The van der Waals surface area contributed by atoms with E-state index in [1.54, 1.807) is 7.11 Å². The highest BCUT2D eigenvalue weighted by Crippen LogP contribution is 2.28. The highest BCUT2D eigenvalue weighted by molar-refractivity contribution is 5.96. The zero-order chi connectivity index (χ0) is 20.1. The van der Waals surface area contributed by atoms with Gasteiger partial charge < -0.3 is 15.4 Å². The van der Waals surface area contributed by atoms with Gasteiger partial charge in [-0.3, -0.25) is 9.59 Å². The molecule has 2 atom stereocenters. The quantitative estimate of drug-likeness (QED) is 0.760. The molecule has 28 heavy (non-hydrogen) atoms. The first-order valence-corrected chi connectivity index (χ1v) is 9.80. The third-order valence-corrected chi connectivity index (χ3v) is 5.29. The lowest BCUT2D eigenvalue weighted by molar-refractivity contribution is -0.123. The van der Waals surface area contributed by atoms with E-state index < -0.39 is 0 Å². The summed E-state index contributed by atoms with van der Waals surface area (Å²) in [4.78, 5) is 24.9. The van der Waals surface area contributed by atoms with Crippen molar-refractivity contribution >= 4 is 17.5 Å². The lowest BCUT2D eigenvalue weighted by Crippen LogP contribution is -2.34. The molecule has 2 N–H and O–H groups in total. The highest BCUT2D eigenvalue weighted by atomic mass is 16.5. The fourth-order valence-corrected chi connectivity index (χ4v) is 3.64. The number of hydrogen-bond donors (Lipinski definition) is 2. The molecule has 3 rings (SSSR count). The van der Waals surface area contributed by atoms with Gasteiger partial charge in [-0.25, -0.2) is 0 Å². The fourth-order valence-electron chi connectivity index (χ4n) is 3.64. The second-order valence-corrected chi connectivity index (χ2v) is 7.65. The molecule has 2 aromatic carbocycles. The minimum absolute atomic E-state index is 0.00191. The molecule has 1 aliphatic rings. The molecule has 2 unspecified atom stereocenters. The van der Waals surface area contributed by atoms with Crippen molar-refractivity contribution in [3.8, 4) is 5.75 Å². The lowest BCUT2D eigenvalue weighted by atomic mass is 9.89. The topological polar surface area (TPSA) is 67.4 Å². The molecule has 1 aliphatic heterocycles. The van der Waals surface area contributed by atoms with Crippen molar-refractivity contribution < 1.29 is 14.3 Å². The van der Waals surface area contributed by atoms with E-state index in [2.05, 4.69) is 24.5 Å². The summed E-state index contributed by atoms with van der Waals surface area (Å²) in [7, 11) is 1.64. The van der Waals surface area contributed by atoms with Gasteiger partial charge in [-0.1, -0.05) is 44.2 Å². The molecule has 1 heterocycles. The maximum atomic E-state index is 12.6. The average Bonchev–Trinajstić information content (AvgIpc) is 2.70. The molecule has 2 aromatic rings. The summed E-state index contributed by atoms with van der Waals surface area (Å²) in [6.07, 6.45) is 1.56. The number of para-hydroxylation sites is 1. The van der Waals surface area contributed by atoms with E-state index >= 15 is 0 Å². The Bertz CT molecular complexity index is 830. The number of methoxy groups -OCH3 is 1. The maximum absolute atomic E-state index is 12.6. The average molecular weight is 380 g/mol. The number of rotatable bonds is 7. The van der Waals surface area contributed by atoms with Gasteiger partial charge in [-0.2, -0.15) is 0 Å². The second kappa shape index (κ2) is 8.91. The van der Waals surface area contributed by atoms with E-state index in [1.807, 2.05) is 48.5 Å². The van der Waals surface area contributed by atoms with Gasteiger partial charge in [0.15, 0.2) is 0 Å². The Hall–Kier alpha value is -2.82. The second-order valence-electron chi connectivity index (χ2n) is 7.65. The molecule has 5 nitrogen and oxygen atoms in total. The van der Waals surface area contributed by atoms with E-state index in [0.717, 1.165) is 22.6 Å². The van der Waals surface area contributed by atoms with Crippen LogP contribution in [0.25, 0.3) is 0 Å². The first kappa shape index (κ1) is 19.9. The summed E-state index contributed by atoms with van der Waals surface area (Å²) in [5, 5.41) is 6.08. The molecule has 148 valence electrons. The number of ether oxygens (including phenoxy) is 1. The van der Waals surface area contributed by atoms with E-state index in [4.69, 9.17) is 4.74 Å². The molecule has 2 amide bonds. The molecule has 0 spiro atoms. The maximum Gasteiger partial charge on any atom is 0.227 e. The first-order valence-electron chi connectivity index (χ1n) is 9.80. The van der Waals surface area contributed by atoms with Crippen LogP contribution in [-0.2, 0) is 16.0 Å². The van der Waals surface area contributed by atoms with Crippen LogP contribution in [0.2, 0.25) is 0 Å². The Balaban J connectivity index is 1.58. The third-order valence-electron chi connectivity index (χ3n) is 5.29. The van der Waals surface area contributed by atoms with Crippen molar-refractivity contribution in [1.82, 2.24) is 5.32 Å². The van der Waals surface area contributed by atoms with Gasteiger partial charge >= 0.3 is 0 Å². The largest absolute Gasteiger partial charge is 0.497 e. The Kier molecular flexibility index (Phi) is 6.34. The number of hydrogen-bond acceptors (Lipinski definition) is 3. The highest BCUT2D eigenvalue weighted by Gasteiger charge is 2.27. The van der Waals surface area contributed by atoms with Crippen LogP contribution in [0.5, 0.6) is 5.75 Å². The molecular weight excluding hydrogens is 352 g/mol. The molecule has 5 heteroatoms. The van der Waals surface area contributed by atoms with Crippen molar-refractivity contribution in [2.24, 2.45) is 11.8 Å². The van der Waals surface area contributed by atoms with Crippen LogP contribution in [-0.4, -0.2) is 18.9 Å². The van der Waals surface area contributed by atoms with Crippen LogP contribution in [0.15, 0.2) is 48.5 Å². The zero-order valence-electron chi connectivity index (χ0n) is 16.7. The van der Waals surface area contributed by atoms with Crippen LogP contribution < -0.4 is 15.4 Å². The van der Waals surface area contributed by atoms with Crippen molar-refractivity contribution in [2.45, 2.75) is 39.2 Å². The predicted octanol–water partition coefficient (Wildman–Crippen LogP) is 4.10. The van der Waals surface area contributed by atoms with Gasteiger partial charge in [0.05, 0.1) is 13.2 Å². The summed E-state index contributed by atoms with van der Waals surface area (Å²) < 4.78 is 5.21. The number of carbonyl (C=O) groups excluding carboxylic acids is 2. The van der Waals surface area contributed by atoms with Crippen LogP contribution >= 0.6 is 0 Å². The first-order chi connectivity index (χ1) is 13.5. The number of fused-ring (bicyclic) bond motifs is 1. The summed E-state index contributed by atoms with van der Waals surface area (Å²) in [6, 6.07) is 15.5. The van der Waals surface area contributed by atoms with Gasteiger partial charge in [0, 0.05) is 18.0 Å². The SMILES string of the molecule is COc1ccc(C(NC(=O)CCC2Cc3ccccc3NC2=O)C(C)C)cc1. The molecule has 0 bridgehead atoms. The smallest absolute Gasteiger partial charge is 0.227 e. The van der Waals surface area contributed by atoms with Crippen molar-refractivity contribution in [3.05, 3.63) is 59.7 Å². The van der Waals surface area contributed by atoms with Crippen molar-refractivity contribution in [3.63, 3.8) is 0 Å². The zero-order valence-corrected chi connectivity index (χ0v) is 16.7. The van der Waals surface area contributed by atoms with Gasteiger partial charge in [0.2, 0.25) is 11.8 Å². The number of amides is 2. The molecule has 0 saturated heterocycles. The van der Waals surface area contributed by atoms with E-state index in [-0.39, 0.29) is 29.7 Å². The van der Waals surface area contributed by atoms with E-state index in [1.165, 1.54) is 0 Å². The molecule has 0 fully saturated rings. The molecular formula is C23H28N2O3. The van der Waals surface area contributed by atoms with Crippen molar-refractivity contribution in [1.29, 1.82) is 0 Å². The molecule has 0 radical (unpaired) electrons. The number of anilines is 1. The summed E-state index contributed by atoms with van der Waals surface area (Å²) in [5.74, 6) is 0.853. The third kappa shape index (κ3) is 4.71. The minimum atomic E-state index is -0.167. The van der Waals surface area contributed by atoms with Gasteiger partial charge in [-0.15, -0.1) is 0 Å².